The van der Waals surface area contributed by atoms with Gasteiger partial charge in [0.2, 0.25) is 0 Å². The molecule has 1 aliphatic rings. The van der Waals surface area contributed by atoms with E-state index in [2.05, 4.69) is 15.0 Å². The van der Waals surface area contributed by atoms with Crippen molar-refractivity contribution in [3.8, 4) is 11.3 Å². The second kappa shape index (κ2) is 3.69. The Morgan fingerprint density at radius 1 is 1.41 bits per heavy atom. The van der Waals surface area contributed by atoms with Crippen LogP contribution < -0.4 is 0 Å². The van der Waals surface area contributed by atoms with Crippen molar-refractivity contribution < 1.29 is 9.90 Å². The number of hydrogen-bond acceptors (Lipinski definition) is 3. The first-order valence-electron chi connectivity index (χ1n) is 5.50. The van der Waals surface area contributed by atoms with Crippen molar-refractivity contribution in [2.75, 3.05) is 0 Å². The quantitative estimate of drug-likeness (QED) is 0.779. The molecule has 2 aromatic heterocycles. The summed E-state index contributed by atoms with van der Waals surface area (Å²) in [5.74, 6) is -0.922. The van der Waals surface area contributed by atoms with Crippen molar-refractivity contribution in [1.29, 1.82) is 0 Å². The summed E-state index contributed by atoms with van der Waals surface area (Å²) < 4.78 is 0. The van der Waals surface area contributed by atoms with Crippen LogP contribution in [-0.4, -0.2) is 26.0 Å². The van der Waals surface area contributed by atoms with Gasteiger partial charge < -0.3 is 10.1 Å². The molecule has 0 amide bonds. The highest BCUT2D eigenvalue weighted by Crippen LogP contribution is 2.32. The Hall–Kier alpha value is -2.17. The van der Waals surface area contributed by atoms with Gasteiger partial charge in [-0.05, 0) is 24.8 Å². The molecular weight excluding hydrogens is 218 g/mol. The molecule has 2 heterocycles. The van der Waals surface area contributed by atoms with E-state index in [0.717, 1.165) is 41.8 Å². The molecule has 0 radical (unpaired) electrons. The predicted octanol–water partition coefficient (Wildman–Crippen LogP) is 1.66. The lowest BCUT2D eigenvalue weighted by Gasteiger charge is -2.04. The number of aromatic nitrogens is 3. The smallest absolute Gasteiger partial charge is 0.337 e. The number of hydrogen-bond donors (Lipinski definition) is 2. The molecule has 3 rings (SSSR count). The minimum atomic E-state index is -0.922. The van der Waals surface area contributed by atoms with Crippen LogP contribution in [0, 0.1) is 0 Å². The van der Waals surface area contributed by atoms with Crippen molar-refractivity contribution in [2.45, 2.75) is 19.3 Å². The molecule has 0 atom stereocenters. The van der Waals surface area contributed by atoms with Gasteiger partial charge in [0.15, 0.2) is 0 Å². The summed E-state index contributed by atoms with van der Waals surface area (Å²) >= 11 is 0. The van der Waals surface area contributed by atoms with Crippen molar-refractivity contribution in [1.82, 2.24) is 15.0 Å². The summed E-state index contributed by atoms with van der Waals surface area (Å²) in [6.45, 7) is 0. The van der Waals surface area contributed by atoms with Gasteiger partial charge in [0, 0.05) is 23.7 Å². The largest absolute Gasteiger partial charge is 0.478 e. The second-order valence-corrected chi connectivity index (χ2v) is 4.11. The number of rotatable bonds is 1. The van der Waals surface area contributed by atoms with Crippen LogP contribution in [0.5, 0.6) is 0 Å². The third kappa shape index (κ3) is 1.51. The van der Waals surface area contributed by atoms with E-state index in [1.807, 2.05) is 0 Å². The number of nitrogens with one attached hydrogen (secondary N) is 1. The number of nitrogens with zero attached hydrogens (tertiary/aromatic N) is 2. The Balaban J connectivity index is 2.30. The highest BCUT2D eigenvalue weighted by Gasteiger charge is 2.23. The zero-order valence-electron chi connectivity index (χ0n) is 9.10. The highest BCUT2D eigenvalue weighted by molar-refractivity contribution is 5.96. The summed E-state index contributed by atoms with van der Waals surface area (Å²) in [5, 5.41) is 9.18. The van der Waals surface area contributed by atoms with Gasteiger partial charge in [0.05, 0.1) is 11.3 Å². The first-order chi connectivity index (χ1) is 8.27. The zero-order valence-corrected chi connectivity index (χ0v) is 9.10. The fourth-order valence-electron chi connectivity index (χ4n) is 2.32. The number of H-pyrrole nitrogens is 1. The molecule has 5 nitrogen and oxygen atoms in total. The van der Waals surface area contributed by atoms with Gasteiger partial charge in [-0.3, -0.25) is 0 Å². The van der Waals surface area contributed by atoms with Gasteiger partial charge >= 0.3 is 5.97 Å². The topological polar surface area (TPSA) is 78.9 Å². The maximum absolute atomic E-state index is 11.2. The van der Waals surface area contributed by atoms with Crippen molar-refractivity contribution in [3.63, 3.8) is 0 Å². The molecule has 1 aliphatic carbocycles. The SMILES string of the molecule is O=C(O)c1c[nH]c2c1-c1ncncc1CCC2. The van der Waals surface area contributed by atoms with Gasteiger partial charge in [-0.2, -0.15) is 0 Å². The van der Waals surface area contributed by atoms with E-state index in [1.165, 1.54) is 6.33 Å². The van der Waals surface area contributed by atoms with E-state index in [4.69, 9.17) is 0 Å². The minimum Gasteiger partial charge on any atom is -0.478 e. The lowest BCUT2D eigenvalue weighted by atomic mass is 10.0. The molecule has 0 fully saturated rings. The van der Waals surface area contributed by atoms with E-state index in [9.17, 15) is 9.90 Å². The maximum Gasteiger partial charge on any atom is 0.337 e. The molecule has 0 saturated heterocycles. The fraction of sp³-hybridized carbons (Fsp3) is 0.250. The Labute approximate surface area is 97.5 Å². The zero-order chi connectivity index (χ0) is 11.8. The third-order valence-electron chi connectivity index (χ3n) is 3.09. The van der Waals surface area contributed by atoms with Crippen LogP contribution in [0.4, 0.5) is 0 Å². The molecule has 0 spiro atoms. The second-order valence-electron chi connectivity index (χ2n) is 4.11. The summed E-state index contributed by atoms with van der Waals surface area (Å²) in [4.78, 5) is 22.5. The number of fused-ring (bicyclic) bond motifs is 3. The molecule has 17 heavy (non-hydrogen) atoms. The number of aromatic amines is 1. The fourth-order valence-corrected chi connectivity index (χ4v) is 2.32. The normalized spacial score (nSPS) is 13.6. The average molecular weight is 229 g/mol. The van der Waals surface area contributed by atoms with Crippen LogP contribution in [0.1, 0.15) is 28.0 Å². The molecule has 0 aromatic carbocycles. The van der Waals surface area contributed by atoms with Crippen LogP contribution in [0.2, 0.25) is 0 Å². The molecular formula is C12H11N3O2. The molecule has 5 heteroatoms. The van der Waals surface area contributed by atoms with E-state index in [0.29, 0.717) is 5.56 Å². The van der Waals surface area contributed by atoms with Gasteiger partial charge in [0.25, 0.3) is 0 Å². The number of carboxylic acid groups (broad SMARTS) is 1. The van der Waals surface area contributed by atoms with Crippen LogP contribution in [0.15, 0.2) is 18.7 Å². The molecule has 0 bridgehead atoms. The first kappa shape index (κ1) is 10.0. The maximum atomic E-state index is 11.2. The molecule has 0 unspecified atom stereocenters. The average Bonchev–Trinajstić information content (AvgIpc) is 2.66. The van der Waals surface area contributed by atoms with E-state index >= 15 is 0 Å². The summed E-state index contributed by atoms with van der Waals surface area (Å²) in [5.41, 5.74) is 3.76. The monoisotopic (exact) mass is 229 g/mol. The van der Waals surface area contributed by atoms with Crippen LogP contribution in [0.25, 0.3) is 11.3 Å². The Kier molecular flexibility index (Phi) is 2.18. The minimum absolute atomic E-state index is 0.293. The lowest BCUT2D eigenvalue weighted by molar-refractivity contribution is 0.0698. The summed E-state index contributed by atoms with van der Waals surface area (Å²) in [7, 11) is 0. The number of aromatic carboxylic acids is 1. The molecule has 0 aliphatic heterocycles. The van der Waals surface area contributed by atoms with Crippen molar-refractivity contribution >= 4 is 5.97 Å². The van der Waals surface area contributed by atoms with Crippen LogP contribution >= 0.6 is 0 Å². The Morgan fingerprint density at radius 3 is 3.12 bits per heavy atom. The van der Waals surface area contributed by atoms with Crippen LogP contribution in [0.3, 0.4) is 0 Å². The lowest BCUT2D eigenvalue weighted by Crippen LogP contribution is -1.99. The Bertz CT molecular complexity index is 589. The van der Waals surface area contributed by atoms with Gasteiger partial charge in [-0.25, -0.2) is 14.8 Å². The van der Waals surface area contributed by atoms with Gasteiger partial charge in [0.1, 0.15) is 6.33 Å². The van der Waals surface area contributed by atoms with Crippen molar-refractivity contribution in [3.05, 3.63) is 35.5 Å². The van der Waals surface area contributed by atoms with Gasteiger partial charge in [-0.15, -0.1) is 0 Å². The number of carbonyl (C=O) groups is 1. The number of aryl methyl sites for hydroxylation is 2. The van der Waals surface area contributed by atoms with Crippen molar-refractivity contribution in [2.24, 2.45) is 0 Å². The van der Waals surface area contributed by atoms with Gasteiger partial charge in [-0.1, -0.05) is 0 Å². The predicted molar refractivity (Wildman–Crippen MR) is 60.8 cm³/mol. The molecule has 2 N–H and O–H groups in total. The Morgan fingerprint density at radius 2 is 2.29 bits per heavy atom. The molecule has 2 aromatic rings. The standard InChI is InChI=1S/C12H11N3O2/c16-12(17)8-5-14-9-3-1-2-7-4-13-6-15-11(7)10(8)9/h4-6,14H,1-3H2,(H,16,17). The third-order valence-corrected chi connectivity index (χ3v) is 3.09. The van der Waals surface area contributed by atoms with E-state index < -0.39 is 5.97 Å². The summed E-state index contributed by atoms with van der Waals surface area (Å²) in [6, 6.07) is 0. The summed E-state index contributed by atoms with van der Waals surface area (Å²) in [6.07, 6.45) is 7.50. The molecule has 86 valence electrons. The number of carboxylic acids is 1. The van der Waals surface area contributed by atoms with E-state index in [-0.39, 0.29) is 0 Å². The first-order valence-corrected chi connectivity index (χ1v) is 5.50. The molecule has 0 saturated carbocycles. The van der Waals surface area contributed by atoms with Crippen LogP contribution in [-0.2, 0) is 12.8 Å². The highest BCUT2D eigenvalue weighted by atomic mass is 16.4. The van der Waals surface area contributed by atoms with E-state index in [1.54, 1.807) is 12.4 Å².